The van der Waals surface area contributed by atoms with Crippen molar-refractivity contribution in [3.05, 3.63) is 86.8 Å². The van der Waals surface area contributed by atoms with Crippen molar-refractivity contribution in [3.63, 3.8) is 0 Å². The maximum absolute atomic E-state index is 12.7. The Kier molecular flexibility index (Phi) is 7.74. The summed E-state index contributed by atoms with van der Waals surface area (Å²) in [5.74, 6) is -0.587. The van der Waals surface area contributed by atoms with Crippen molar-refractivity contribution in [1.29, 1.82) is 0 Å². The SMILES string of the molecule is CCOC(=O)c1c(-c2cccc([N+](=O)[O-])c2)csc1NC(=O)/C=C/c1ccc(C(C)C)cc1. The molecule has 3 aromatic rings. The zero-order valence-electron chi connectivity index (χ0n) is 18.5. The molecule has 0 bridgehead atoms. The molecule has 0 aliphatic heterocycles. The van der Waals surface area contributed by atoms with Crippen LogP contribution < -0.4 is 5.32 Å². The Bertz CT molecular complexity index is 1200. The van der Waals surface area contributed by atoms with Crippen LogP contribution in [0.3, 0.4) is 0 Å². The van der Waals surface area contributed by atoms with Crippen LogP contribution in [-0.4, -0.2) is 23.4 Å². The molecule has 1 aromatic heterocycles. The van der Waals surface area contributed by atoms with E-state index in [4.69, 9.17) is 4.74 Å². The number of ether oxygens (including phenoxy) is 1. The van der Waals surface area contributed by atoms with Gasteiger partial charge in [-0.2, -0.15) is 0 Å². The highest BCUT2D eigenvalue weighted by atomic mass is 32.1. The van der Waals surface area contributed by atoms with E-state index in [1.165, 1.54) is 23.8 Å². The van der Waals surface area contributed by atoms with Crippen molar-refractivity contribution in [2.75, 3.05) is 11.9 Å². The zero-order chi connectivity index (χ0) is 24.0. The topological polar surface area (TPSA) is 98.5 Å². The van der Waals surface area contributed by atoms with Gasteiger partial charge in [0.25, 0.3) is 5.69 Å². The van der Waals surface area contributed by atoms with Crippen molar-refractivity contribution in [1.82, 2.24) is 0 Å². The number of esters is 1. The quantitative estimate of drug-likeness (QED) is 0.183. The lowest BCUT2D eigenvalue weighted by atomic mass is 10.0. The number of nitrogens with zero attached hydrogens (tertiary/aromatic N) is 1. The van der Waals surface area contributed by atoms with Crippen molar-refractivity contribution in [2.24, 2.45) is 0 Å². The average molecular weight is 465 g/mol. The Morgan fingerprint density at radius 2 is 1.91 bits per heavy atom. The summed E-state index contributed by atoms with van der Waals surface area (Å²) in [6.07, 6.45) is 3.09. The van der Waals surface area contributed by atoms with Crippen molar-refractivity contribution < 1.29 is 19.2 Å². The lowest BCUT2D eigenvalue weighted by Crippen LogP contribution is -2.12. The maximum atomic E-state index is 12.7. The summed E-state index contributed by atoms with van der Waals surface area (Å²) in [5, 5.41) is 15.9. The second-order valence-electron chi connectivity index (χ2n) is 7.53. The molecule has 8 heteroatoms. The number of nitro benzene ring substituents is 1. The second-order valence-corrected chi connectivity index (χ2v) is 8.41. The third-order valence-electron chi connectivity index (χ3n) is 4.91. The van der Waals surface area contributed by atoms with Crippen LogP contribution in [0.25, 0.3) is 17.2 Å². The molecule has 0 fully saturated rings. The molecule has 0 aliphatic carbocycles. The van der Waals surface area contributed by atoms with Crippen molar-refractivity contribution in [3.8, 4) is 11.1 Å². The third kappa shape index (κ3) is 5.93. The Balaban J connectivity index is 1.86. The normalized spacial score (nSPS) is 11.0. The van der Waals surface area contributed by atoms with Gasteiger partial charge in [-0.15, -0.1) is 11.3 Å². The lowest BCUT2D eigenvalue weighted by Gasteiger charge is -2.08. The summed E-state index contributed by atoms with van der Waals surface area (Å²) in [5.41, 5.74) is 3.12. The van der Waals surface area contributed by atoms with Gasteiger partial charge >= 0.3 is 5.97 Å². The van der Waals surface area contributed by atoms with E-state index in [0.717, 1.165) is 16.9 Å². The average Bonchev–Trinajstić information content (AvgIpc) is 3.21. The first-order valence-electron chi connectivity index (χ1n) is 10.4. The van der Waals surface area contributed by atoms with Gasteiger partial charge in [-0.1, -0.05) is 50.2 Å². The predicted octanol–water partition coefficient (Wildman–Crippen LogP) is 6.28. The minimum atomic E-state index is -0.608. The standard InChI is InChI=1S/C25H24N2O5S/c1-4-32-25(29)23-21(19-6-5-7-20(14-19)27(30)31)15-33-24(23)26-22(28)13-10-17-8-11-18(12-9-17)16(2)3/h5-16H,4H2,1-3H3,(H,26,28)/b13-10+. The van der Waals surface area contributed by atoms with Gasteiger partial charge in [-0.05, 0) is 35.6 Å². The van der Waals surface area contributed by atoms with E-state index in [2.05, 4.69) is 19.2 Å². The number of non-ortho nitro benzene ring substituents is 1. The summed E-state index contributed by atoms with van der Waals surface area (Å²) in [6, 6.07) is 13.9. The highest BCUT2D eigenvalue weighted by molar-refractivity contribution is 7.15. The van der Waals surface area contributed by atoms with Crippen molar-refractivity contribution >= 4 is 40.0 Å². The molecule has 2 aromatic carbocycles. The molecular weight excluding hydrogens is 440 g/mol. The molecule has 0 saturated heterocycles. The van der Waals surface area contributed by atoms with Crippen LogP contribution in [0.2, 0.25) is 0 Å². The molecule has 0 aliphatic rings. The fraction of sp³-hybridized carbons (Fsp3) is 0.200. The zero-order valence-corrected chi connectivity index (χ0v) is 19.3. The van der Waals surface area contributed by atoms with E-state index in [1.807, 2.05) is 24.3 Å². The van der Waals surface area contributed by atoms with Gasteiger partial charge in [-0.3, -0.25) is 14.9 Å². The summed E-state index contributed by atoms with van der Waals surface area (Å²) < 4.78 is 5.17. The molecule has 33 heavy (non-hydrogen) atoms. The monoisotopic (exact) mass is 464 g/mol. The summed E-state index contributed by atoms with van der Waals surface area (Å²) in [4.78, 5) is 35.9. The van der Waals surface area contributed by atoms with Gasteiger partial charge < -0.3 is 10.1 Å². The van der Waals surface area contributed by atoms with Crippen LogP contribution in [-0.2, 0) is 9.53 Å². The van der Waals surface area contributed by atoms with Crippen LogP contribution >= 0.6 is 11.3 Å². The third-order valence-corrected chi connectivity index (χ3v) is 5.80. The molecule has 0 saturated carbocycles. The molecule has 7 nitrogen and oxygen atoms in total. The molecular formula is C25H24N2O5S. The number of rotatable bonds is 8. The second kappa shape index (κ2) is 10.7. The fourth-order valence-electron chi connectivity index (χ4n) is 3.17. The van der Waals surface area contributed by atoms with Crippen LogP contribution in [0.1, 0.15) is 48.2 Å². The number of anilines is 1. The van der Waals surface area contributed by atoms with E-state index in [-0.39, 0.29) is 17.9 Å². The molecule has 0 spiro atoms. The number of nitro groups is 1. The summed E-state index contributed by atoms with van der Waals surface area (Å²) >= 11 is 1.16. The van der Waals surface area contributed by atoms with E-state index in [1.54, 1.807) is 30.5 Å². The number of carbonyl (C=O) groups is 2. The Labute approximate surface area is 195 Å². The number of hydrogen-bond acceptors (Lipinski definition) is 6. The van der Waals surface area contributed by atoms with Gasteiger partial charge in [0.1, 0.15) is 10.6 Å². The minimum absolute atomic E-state index is 0.0921. The summed E-state index contributed by atoms with van der Waals surface area (Å²) in [6.45, 7) is 6.07. The largest absolute Gasteiger partial charge is 0.462 e. The number of nitrogens with one attached hydrogen (secondary N) is 1. The Morgan fingerprint density at radius 1 is 1.18 bits per heavy atom. The number of hydrogen-bond donors (Lipinski definition) is 1. The molecule has 0 unspecified atom stereocenters. The smallest absolute Gasteiger partial charge is 0.341 e. The molecule has 0 atom stereocenters. The van der Waals surface area contributed by atoms with E-state index >= 15 is 0 Å². The van der Waals surface area contributed by atoms with Crippen LogP contribution in [0.5, 0.6) is 0 Å². The van der Waals surface area contributed by atoms with Gasteiger partial charge in [0.15, 0.2) is 0 Å². The van der Waals surface area contributed by atoms with Gasteiger partial charge in [-0.25, -0.2) is 4.79 Å². The molecule has 1 amide bonds. The highest BCUT2D eigenvalue weighted by Gasteiger charge is 2.23. The maximum Gasteiger partial charge on any atom is 0.341 e. The molecule has 1 heterocycles. The molecule has 170 valence electrons. The fourth-order valence-corrected chi connectivity index (χ4v) is 4.13. The predicted molar refractivity (Wildman–Crippen MR) is 131 cm³/mol. The van der Waals surface area contributed by atoms with E-state index < -0.39 is 16.8 Å². The first kappa shape index (κ1) is 23.9. The number of thiophene rings is 1. The minimum Gasteiger partial charge on any atom is -0.462 e. The summed E-state index contributed by atoms with van der Waals surface area (Å²) in [7, 11) is 0. The number of amides is 1. The van der Waals surface area contributed by atoms with E-state index in [0.29, 0.717) is 22.0 Å². The Hall–Kier alpha value is -3.78. The molecule has 3 rings (SSSR count). The van der Waals surface area contributed by atoms with E-state index in [9.17, 15) is 19.7 Å². The lowest BCUT2D eigenvalue weighted by molar-refractivity contribution is -0.384. The molecule has 1 N–H and O–H groups in total. The van der Waals surface area contributed by atoms with Crippen LogP contribution in [0.15, 0.2) is 60.0 Å². The van der Waals surface area contributed by atoms with Gasteiger partial charge in [0.2, 0.25) is 5.91 Å². The molecule has 0 radical (unpaired) electrons. The highest BCUT2D eigenvalue weighted by Crippen LogP contribution is 2.37. The Morgan fingerprint density at radius 3 is 2.55 bits per heavy atom. The van der Waals surface area contributed by atoms with Crippen LogP contribution in [0.4, 0.5) is 10.7 Å². The van der Waals surface area contributed by atoms with Gasteiger partial charge in [0.05, 0.1) is 11.5 Å². The number of carbonyl (C=O) groups excluding carboxylic acids is 2. The number of benzene rings is 2. The first-order valence-corrected chi connectivity index (χ1v) is 11.3. The van der Waals surface area contributed by atoms with Crippen LogP contribution in [0, 0.1) is 10.1 Å². The first-order chi connectivity index (χ1) is 15.8. The van der Waals surface area contributed by atoms with Crippen molar-refractivity contribution in [2.45, 2.75) is 26.7 Å². The van der Waals surface area contributed by atoms with Gasteiger partial charge in [0, 0.05) is 29.2 Å².